The molecule has 3 nitrogen and oxygen atoms in total. The third kappa shape index (κ3) is 1.53. The molecule has 2 aromatic rings. The Morgan fingerprint density at radius 3 is 3.00 bits per heavy atom. The van der Waals surface area contributed by atoms with Crippen LogP contribution in [0.4, 0.5) is 0 Å². The SMILES string of the molecule is Cc1cc2c(Cl)ncnc2n1SI. The third-order valence-electron chi connectivity index (χ3n) is 1.75. The number of hydrogen-bond acceptors (Lipinski definition) is 3. The van der Waals surface area contributed by atoms with E-state index in [1.165, 1.54) is 6.33 Å². The standard InChI is InChI=1S/C7H5ClIN3S/c1-4-2-5-6(8)10-3-11-7(5)12(4)13-9/h2-3H,1H3. The zero-order valence-corrected chi connectivity index (χ0v) is 10.4. The molecule has 0 fully saturated rings. The van der Waals surface area contributed by atoms with Crippen LogP contribution in [-0.4, -0.2) is 13.9 Å². The number of hydrogen-bond donors (Lipinski definition) is 0. The second-order valence-corrected chi connectivity index (χ2v) is 4.59. The molecule has 0 aliphatic carbocycles. The van der Waals surface area contributed by atoms with E-state index in [0.29, 0.717) is 5.15 Å². The molecule has 0 aliphatic heterocycles. The highest BCUT2D eigenvalue weighted by Gasteiger charge is 2.09. The van der Waals surface area contributed by atoms with E-state index in [4.69, 9.17) is 11.6 Å². The highest BCUT2D eigenvalue weighted by molar-refractivity contribution is 14.2. The zero-order valence-electron chi connectivity index (χ0n) is 6.66. The minimum atomic E-state index is 0.511. The second kappa shape index (κ2) is 3.62. The van der Waals surface area contributed by atoms with Crippen LogP contribution in [0.2, 0.25) is 5.15 Å². The summed E-state index contributed by atoms with van der Waals surface area (Å²) in [6, 6.07) is 1.99. The summed E-state index contributed by atoms with van der Waals surface area (Å²) in [7, 11) is 1.58. The van der Waals surface area contributed by atoms with E-state index in [1.54, 1.807) is 9.12 Å². The first-order valence-corrected chi connectivity index (χ1v) is 7.21. The summed E-state index contributed by atoms with van der Waals surface area (Å²) in [6.07, 6.45) is 1.48. The van der Waals surface area contributed by atoms with Crippen molar-refractivity contribution in [3.63, 3.8) is 0 Å². The van der Waals surface area contributed by atoms with Crippen molar-refractivity contribution in [1.29, 1.82) is 0 Å². The van der Waals surface area contributed by atoms with Gasteiger partial charge >= 0.3 is 0 Å². The molecule has 68 valence electrons. The summed E-state index contributed by atoms with van der Waals surface area (Å²) < 4.78 is 2.02. The lowest BCUT2D eigenvalue weighted by Gasteiger charge is -1.98. The van der Waals surface area contributed by atoms with E-state index < -0.39 is 0 Å². The predicted molar refractivity (Wildman–Crippen MR) is 64.3 cm³/mol. The Morgan fingerprint density at radius 2 is 2.31 bits per heavy atom. The molecule has 0 bridgehead atoms. The molecule has 0 atom stereocenters. The number of fused-ring (bicyclic) bond motifs is 1. The molecule has 0 unspecified atom stereocenters. The van der Waals surface area contributed by atoms with Crippen molar-refractivity contribution in [3.05, 3.63) is 23.2 Å². The van der Waals surface area contributed by atoms with Crippen molar-refractivity contribution in [1.82, 2.24) is 13.9 Å². The van der Waals surface area contributed by atoms with E-state index in [1.807, 2.05) is 17.0 Å². The normalized spacial score (nSPS) is 11.0. The van der Waals surface area contributed by atoms with Gasteiger partial charge in [0.1, 0.15) is 11.5 Å². The van der Waals surface area contributed by atoms with Crippen LogP contribution in [0, 0.1) is 6.92 Å². The van der Waals surface area contributed by atoms with Crippen LogP contribution in [0.15, 0.2) is 12.4 Å². The van der Waals surface area contributed by atoms with Crippen molar-refractivity contribution in [2.24, 2.45) is 0 Å². The predicted octanol–water partition coefficient (Wildman–Crippen LogP) is 3.24. The van der Waals surface area contributed by atoms with Crippen molar-refractivity contribution in [2.75, 3.05) is 0 Å². The largest absolute Gasteiger partial charge is 0.263 e. The fourth-order valence-electron chi connectivity index (χ4n) is 1.17. The molecule has 0 aliphatic rings. The smallest absolute Gasteiger partial charge is 0.155 e. The first-order valence-electron chi connectivity index (χ1n) is 3.51. The maximum absolute atomic E-state index is 5.92. The quantitative estimate of drug-likeness (QED) is 0.596. The summed E-state index contributed by atoms with van der Waals surface area (Å²) in [5.74, 6) is 0. The van der Waals surface area contributed by atoms with Crippen LogP contribution in [0.3, 0.4) is 0 Å². The monoisotopic (exact) mass is 325 g/mol. The summed E-state index contributed by atoms with van der Waals surface area (Å²) >= 11 is 8.13. The van der Waals surface area contributed by atoms with E-state index in [2.05, 4.69) is 31.2 Å². The first-order chi connectivity index (χ1) is 6.24. The molecular formula is C7H5ClIN3S. The summed E-state index contributed by atoms with van der Waals surface area (Å²) in [6.45, 7) is 2.02. The van der Waals surface area contributed by atoms with Crippen LogP contribution in [0.25, 0.3) is 11.0 Å². The molecular weight excluding hydrogens is 321 g/mol. The molecule has 0 N–H and O–H groups in total. The fourth-order valence-corrected chi connectivity index (χ4v) is 3.22. The number of aryl methyl sites for hydroxylation is 1. The molecule has 0 saturated heterocycles. The molecule has 6 heteroatoms. The first kappa shape index (κ1) is 9.54. The van der Waals surface area contributed by atoms with Gasteiger partial charge in [-0.05, 0) is 13.0 Å². The van der Waals surface area contributed by atoms with E-state index >= 15 is 0 Å². The van der Waals surface area contributed by atoms with Crippen molar-refractivity contribution < 1.29 is 0 Å². The van der Waals surface area contributed by atoms with Crippen LogP contribution in [0.1, 0.15) is 5.69 Å². The van der Waals surface area contributed by atoms with Gasteiger partial charge in [-0.2, -0.15) is 0 Å². The number of rotatable bonds is 1. The highest BCUT2D eigenvalue weighted by Crippen LogP contribution is 2.29. The number of nitrogens with zero attached hydrogens (tertiary/aromatic N) is 3. The molecule has 2 heterocycles. The lowest BCUT2D eigenvalue weighted by atomic mass is 10.4. The Hall–Kier alpha value is -0.0100. The fraction of sp³-hybridized carbons (Fsp3) is 0.143. The Labute approximate surface area is 96.6 Å². The second-order valence-electron chi connectivity index (χ2n) is 2.55. The Kier molecular flexibility index (Phi) is 2.66. The Morgan fingerprint density at radius 1 is 1.54 bits per heavy atom. The van der Waals surface area contributed by atoms with Gasteiger partial charge in [0.25, 0.3) is 0 Å². The summed E-state index contributed by atoms with van der Waals surface area (Å²) in [4.78, 5) is 8.10. The van der Waals surface area contributed by atoms with Gasteiger partial charge in [-0.3, -0.25) is 3.97 Å². The van der Waals surface area contributed by atoms with Gasteiger partial charge in [0.05, 0.1) is 5.39 Å². The Balaban J connectivity index is 2.86. The van der Waals surface area contributed by atoms with Crippen LogP contribution in [-0.2, 0) is 0 Å². The Bertz CT molecular complexity index is 456. The molecule has 2 aromatic heterocycles. The van der Waals surface area contributed by atoms with E-state index in [-0.39, 0.29) is 0 Å². The van der Waals surface area contributed by atoms with Gasteiger partial charge in [0.2, 0.25) is 0 Å². The molecule has 0 aromatic carbocycles. The average Bonchev–Trinajstić information content (AvgIpc) is 2.43. The average molecular weight is 326 g/mol. The molecule has 13 heavy (non-hydrogen) atoms. The third-order valence-corrected chi connectivity index (χ3v) is 3.83. The molecule has 0 amide bonds. The van der Waals surface area contributed by atoms with Gasteiger partial charge in [-0.15, -0.1) is 0 Å². The number of aromatic nitrogens is 3. The van der Waals surface area contributed by atoms with E-state index in [9.17, 15) is 0 Å². The van der Waals surface area contributed by atoms with Gasteiger partial charge in [0, 0.05) is 36.0 Å². The van der Waals surface area contributed by atoms with Gasteiger partial charge in [-0.25, -0.2) is 9.97 Å². The molecule has 2 rings (SSSR count). The molecule has 0 saturated carbocycles. The highest BCUT2D eigenvalue weighted by atomic mass is 127. The summed E-state index contributed by atoms with van der Waals surface area (Å²) in [5.41, 5.74) is 1.99. The lowest BCUT2D eigenvalue weighted by Crippen LogP contribution is -1.88. The van der Waals surface area contributed by atoms with E-state index in [0.717, 1.165) is 16.7 Å². The maximum Gasteiger partial charge on any atom is 0.155 e. The van der Waals surface area contributed by atoms with Crippen LogP contribution < -0.4 is 0 Å². The summed E-state index contributed by atoms with van der Waals surface area (Å²) in [5, 5.41) is 1.42. The molecule has 0 radical (unpaired) electrons. The van der Waals surface area contributed by atoms with Crippen molar-refractivity contribution in [2.45, 2.75) is 6.92 Å². The van der Waals surface area contributed by atoms with Crippen molar-refractivity contribution in [3.8, 4) is 0 Å². The van der Waals surface area contributed by atoms with Gasteiger partial charge in [-0.1, -0.05) is 11.6 Å². The zero-order chi connectivity index (χ0) is 9.42. The van der Waals surface area contributed by atoms with Gasteiger partial charge in [0.15, 0.2) is 5.65 Å². The van der Waals surface area contributed by atoms with Gasteiger partial charge < -0.3 is 0 Å². The maximum atomic E-state index is 5.92. The van der Waals surface area contributed by atoms with Crippen LogP contribution in [0.5, 0.6) is 0 Å². The van der Waals surface area contributed by atoms with Crippen molar-refractivity contribution >= 4 is 53.0 Å². The molecule has 0 spiro atoms. The lowest BCUT2D eigenvalue weighted by molar-refractivity contribution is 1.15. The number of halogens is 2. The minimum absolute atomic E-state index is 0.511. The van der Waals surface area contributed by atoms with Crippen LogP contribution >= 0.6 is 41.9 Å². The topological polar surface area (TPSA) is 30.7 Å². The minimum Gasteiger partial charge on any atom is -0.263 e.